The van der Waals surface area contributed by atoms with Crippen molar-refractivity contribution in [3.05, 3.63) is 251 Å². The van der Waals surface area contributed by atoms with Gasteiger partial charge in [0.15, 0.2) is 0 Å². The van der Waals surface area contributed by atoms with Gasteiger partial charge in [-0.1, -0.05) is 218 Å². The molecule has 0 radical (unpaired) electrons. The molecule has 5 heteroatoms. The second kappa shape index (κ2) is 21.1. The Morgan fingerprint density at radius 2 is 1.04 bits per heavy atom. The van der Waals surface area contributed by atoms with Crippen molar-refractivity contribution in [3.63, 3.8) is 0 Å². The Balaban J connectivity index is 1.08. The van der Waals surface area contributed by atoms with Crippen LogP contribution in [-0.2, 0) is 16.2 Å². The van der Waals surface area contributed by atoms with Crippen LogP contribution in [-0.4, -0.2) is 16.2 Å². The summed E-state index contributed by atoms with van der Waals surface area (Å²) in [6.45, 7) is 33.1. The number of hydrogen-bond acceptors (Lipinski definition) is 4. The standard InChI is InChI=1S/C76H80N4O/c1-50(2)64-31-24-32-65(51(3)4)72(64)54-39-61(79-49-78(48-70(79)74(8,9)10)60-43-58(75(11,12)55-27-20-16-21-28-55)42-59(44-60)76(13,14)56-29-22-17-23-30-56)46-63(40-54)81-62-34-35-66-67-41-53(52-25-18-15-19-26-52)33-36-68(67)80(69(66)47-62)71-45-57(37-38-77-71)73(5,6)7/h15-48,50-51H,49H2,1-14H3. The number of rotatable bonds is 13. The number of aromatic nitrogens is 2. The summed E-state index contributed by atoms with van der Waals surface area (Å²) in [6.07, 6.45) is 4.35. The molecule has 0 N–H and O–H groups in total. The number of ether oxygens (including phenoxy) is 1. The SMILES string of the molecule is CC(C)c1cccc(C(C)C)c1-c1cc(Oc2ccc3c4cc(-c5ccccc5)ccc4n(-c4cc(C(C)(C)C)ccn4)c3c2)cc(N2CN(c3cc(C(C)(C)c4ccccc4)cc(C(C)(C)c4ccccc4)c3)C=C2C(C)(C)C)c1. The molecular formula is C76H80N4O. The van der Waals surface area contributed by atoms with Gasteiger partial charge in [0.05, 0.1) is 17.7 Å². The lowest BCUT2D eigenvalue weighted by Crippen LogP contribution is -2.31. The first kappa shape index (κ1) is 54.8. The Morgan fingerprint density at radius 1 is 0.432 bits per heavy atom. The summed E-state index contributed by atoms with van der Waals surface area (Å²) in [5.74, 6) is 3.03. The first-order valence-electron chi connectivity index (χ1n) is 29.2. The normalized spacial score (nSPS) is 13.5. The Kier molecular flexibility index (Phi) is 14.2. The van der Waals surface area contributed by atoms with E-state index in [4.69, 9.17) is 9.72 Å². The van der Waals surface area contributed by atoms with Crippen LogP contribution in [0.3, 0.4) is 0 Å². The third-order valence-electron chi connectivity index (χ3n) is 17.1. The van der Waals surface area contributed by atoms with Crippen molar-refractivity contribution >= 4 is 33.2 Å². The molecule has 0 saturated heterocycles. The minimum atomic E-state index is -0.261. The molecule has 0 saturated carbocycles. The summed E-state index contributed by atoms with van der Waals surface area (Å²) in [6, 6.07) is 71.5. The van der Waals surface area contributed by atoms with E-state index < -0.39 is 0 Å². The maximum atomic E-state index is 7.34. The van der Waals surface area contributed by atoms with E-state index in [1.165, 1.54) is 72.4 Å². The third kappa shape index (κ3) is 10.6. The van der Waals surface area contributed by atoms with E-state index in [-0.39, 0.29) is 21.7 Å². The average molecular weight is 1070 g/mol. The highest BCUT2D eigenvalue weighted by atomic mass is 16.5. The molecule has 0 fully saturated rings. The van der Waals surface area contributed by atoms with Crippen molar-refractivity contribution in [3.8, 4) is 39.6 Å². The summed E-state index contributed by atoms with van der Waals surface area (Å²) in [7, 11) is 0. The molecule has 1 aliphatic heterocycles. The monoisotopic (exact) mass is 1060 g/mol. The van der Waals surface area contributed by atoms with Crippen LogP contribution in [0.15, 0.2) is 212 Å². The van der Waals surface area contributed by atoms with Crippen molar-refractivity contribution in [1.29, 1.82) is 0 Å². The van der Waals surface area contributed by atoms with Crippen molar-refractivity contribution in [2.45, 2.75) is 125 Å². The van der Waals surface area contributed by atoms with E-state index >= 15 is 0 Å². The average Bonchev–Trinajstić information content (AvgIpc) is 3.64. The number of pyridine rings is 1. The molecule has 1 aliphatic rings. The van der Waals surface area contributed by atoms with Crippen LogP contribution in [0.25, 0.3) is 49.9 Å². The van der Waals surface area contributed by atoms with Crippen LogP contribution < -0.4 is 14.5 Å². The third-order valence-corrected chi connectivity index (χ3v) is 17.1. The van der Waals surface area contributed by atoms with Gasteiger partial charge in [-0.3, -0.25) is 4.57 Å². The van der Waals surface area contributed by atoms with Gasteiger partial charge in [-0.05, 0) is 139 Å². The smallest absolute Gasteiger partial charge is 0.137 e. The number of allylic oxidation sites excluding steroid dienone is 1. The van der Waals surface area contributed by atoms with Crippen LogP contribution >= 0.6 is 0 Å². The second-order valence-corrected chi connectivity index (χ2v) is 26.3. The zero-order chi connectivity index (χ0) is 57.2. The lowest BCUT2D eigenvalue weighted by Gasteiger charge is -2.33. The van der Waals surface area contributed by atoms with Crippen LogP contribution in [0.2, 0.25) is 0 Å². The van der Waals surface area contributed by atoms with Gasteiger partial charge in [-0.2, -0.15) is 0 Å². The van der Waals surface area contributed by atoms with Crippen LogP contribution in [0.1, 0.15) is 148 Å². The molecule has 0 unspecified atom stereocenters. The molecule has 0 atom stereocenters. The first-order chi connectivity index (χ1) is 38.6. The molecule has 3 heterocycles. The van der Waals surface area contributed by atoms with Gasteiger partial charge in [0.1, 0.15) is 17.3 Å². The number of fused-ring (bicyclic) bond motifs is 3. The summed E-state index contributed by atoms with van der Waals surface area (Å²) >= 11 is 0. The summed E-state index contributed by atoms with van der Waals surface area (Å²) in [4.78, 5) is 10.1. The highest BCUT2D eigenvalue weighted by molar-refractivity contribution is 6.10. The minimum absolute atomic E-state index is 0.0580. The molecule has 2 aromatic heterocycles. The zero-order valence-corrected chi connectivity index (χ0v) is 50.2. The number of anilines is 2. The van der Waals surface area contributed by atoms with E-state index in [1.807, 2.05) is 6.20 Å². The molecule has 11 rings (SSSR count). The topological polar surface area (TPSA) is 33.5 Å². The van der Waals surface area contributed by atoms with Gasteiger partial charge in [-0.15, -0.1) is 0 Å². The van der Waals surface area contributed by atoms with Crippen molar-refractivity contribution in [1.82, 2.24) is 9.55 Å². The van der Waals surface area contributed by atoms with Crippen molar-refractivity contribution in [2.75, 3.05) is 16.5 Å². The largest absolute Gasteiger partial charge is 0.457 e. The highest BCUT2D eigenvalue weighted by Crippen LogP contribution is 2.47. The lowest BCUT2D eigenvalue weighted by molar-refractivity contribution is 0.481. The van der Waals surface area contributed by atoms with Gasteiger partial charge in [-0.25, -0.2) is 4.98 Å². The molecule has 0 spiro atoms. The fraction of sp³-hybridized carbons (Fsp3) is 0.276. The minimum Gasteiger partial charge on any atom is -0.457 e. The van der Waals surface area contributed by atoms with E-state index in [1.54, 1.807) is 0 Å². The number of benzene rings is 8. The molecule has 8 aromatic carbocycles. The van der Waals surface area contributed by atoms with Crippen molar-refractivity contribution in [2.24, 2.45) is 5.41 Å². The molecule has 10 aromatic rings. The fourth-order valence-electron chi connectivity index (χ4n) is 12.1. The Morgan fingerprint density at radius 3 is 1.62 bits per heavy atom. The Bertz CT molecular complexity index is 3860. The van der Waals surface area contributed by atoms with Gasteiger partial charge in [0.25, 0.3) is 0 Å². The van der Waals surface area contributed by atoms with Crippen molar-refractivity contribution < 1.29 is 4.74 Å². The van der Waals surface area contributed by atoms with E-state index in [0.717, 1.165) is 45.0 Å². The molecule has 81 heavy (non-hydrogen) atoms. The van der Waals surface area contributed by atoms with Crippen LogP contribution in [0, 0.1) is 5.41 Å². The molecule has 0 aliphatic carbocycles. The maximum Gasteiger partial charge on any atom is 0.137 e. The predicted molar refractivity (Wildman–Crippen MR) is 344 cm³/mol. The van der Waals surface area contributed by atoms with E-state index in [0.29, 0.717) is 18.5 Å². The molecule has 0 bridgehead atoms. The summed E-state index contributed by atoms with van der Waals surface area (Å²) in [5, 5.41) is 2.31. The maximum absolute atomic E-state index is 7.34. The van der Waals surface area contributed by atoms with Crippen LogP contribution in [0.4, 0.5) is 11.4 Å². The quantitative estimate of drug-likeness (QED) is 0.115. The summed E-state index contributed by atoms with van der Waals surface area (Å²) < 4.78 is 9.65. The Hall–Kier alpha value is -8.15. The zero-order valence-electron chi connectivity index (χ0n) is 50.2. The van der Waals surface area contributed by atoms with Gasteiger partial charge >= 0.3 is 0 Å². The number of nitrogens with zero attached hydrogens (tertiary/aromatic N) is 4. The fourth-order valence-corrected chi connectivity index (χ4v) is 12.1. The highest BCUT2D eigenvalue weighted by Gasteiger charge is 2.35. The van der Waals surface area contributed by atoms with E-state index in [2.05, 4.69) is 312 Å². The molecule has 0 amide bonds. The summed E-state index contributed by atoms with van der Waals surface area (Å²) in [5.41, 5.74) is 18.6. The number of hydrogen-bond donors (Lipinski definition) is 0. The molecule has 5 nitrogen and oxygen atoms in total. The molecule has 410 valence electrons. The molecular weight excluding hydrogens is 985 g/mol. The van der Waals surface area contributed by atoms with E-state index in [9.17, 15) is 0 Å². The van der Waals surface area contributed by atoms with Gasteiger partial charge in [0, 0.05) is 68.6 Å². The predicted octanol–water partition coefficient (Wildman–Crippen LogP) is 20.7. The van der Waals surface area contributed by atoms with Crippen LogP contribution in [0.5, 0.6) is 11.5 Å². The Labute approximate surface area is 482 Å². The van der Waals surface area contributed by atoms with Gasteiger partial charge < -0.3 is 14.5 Å². The lowest BCUT2D eigenvalue weighted by atomic mass is 9.73. The second-order valence-electron chi connectivity index (χ2n) is 26.3. The van der Waals surface area contributed by atoms with Gasteiger partial charge in [0.2, 0.25) is 0 Å². The first-order valence-corrected chi connectivity index (χ1v) is 29.2.